The third-order valence-electron chi connectivity index (χ3n) is 5.75. The molecule has 1 aliphatic heterocycles. The third kappa shape index (κ3) is 5.08. The molecular formula is C24H30ClNO4. The Balaban J connectivity index is 0.00000124. The van der Waals surface area contributed by atoms with Gasteiger partial charge in [-0.05, 0) is 48.8 Å². The molecule has 1 heterocycles. The van der Waals surface area contributed by atoms with Crippen molar-refractivity contribution in [1.29, 1.82) is 0 Å². The molecule has 0 amide bonds. The van der Waals surface area contributed by atoms with Gasteiger partial charge in [-0.15, -0.1) is 0 Å². The molecule has 1 fully saturated rings. The number of hydrogen-bond acceptors (Lipinski definition) is 5. The molecule has 0 radical (unpaired) electrons. The van der Waals surface area contributed by atoms with E-state index < -0.39 is 0 Å². The highest BCUT2D eigenvalue weighted by molar-refractivity contribution is 6.33. The van der Waals surface area contributed by atoms with Crippen LogP contribution in [0.3, 0.4) is 0 Å². The summed E-state index contributed by atoms with van der Waals surface area (Å²) in [5.41, 5.74) is 4.91. The molecule has 6 heteroatoms. The second-order valence-electron chi connectivity index (χ2n) is 7.61. The van der Waals surface area contributed by atoms with Gasteiger partial charge in [-0.1, -0.05) is 29.8 Å². The molecule has 1 N–H and O–H groups in total. The Labute approximate surface area is 183 Å². The molecule has 1 saturated carbocycles. The van der Waals surface area contributed by atoms with Crippen molar-refractivity contribution in [2.24, 2.45) is 0 Å². The molecule has 2 aromatic carbocycles. The number of hydrogen-bond donors (Lipinski definition) is 1. The van der Waals surface area contributed by atoms with Crippen molar-refractivity contribution in [3.63, 3.8) is 0 Å². The summed E-state index contributed by atoms with van der Waals surface area (Å²) in [4.78, 5) is 12.9. The molecule has 30 heavy (non-hydrogen) atoms. The summed E-state index contributed by atoms with van der Waals surface area (Å²) in [6, 6.07) is 10.5. The first-order valence-corrected chi connectivity index (χ1v) is 10.8. The van der Waals surface area contributed by atoms with E-state index >= 15 is 0 Å². The van der Waals surface area contributed by atoms with Crippen molar-refractivity contribution in [2.45, 2.75) is 51.2 Å². The zero-order valence-corrected chi connectivity index (χ0v) is 18.5. The van der Waals surface area contributed by atoms with E-state index in [1.165, 1.54) is 23.1 Å². The van der Waals surface area contributed by atoms with Crippen LogP contribution in [-0.4, -0.2) is 38.3 Å². The lowest BCUT2D eigenvalue weighted by molar-refractivity contribution is -0.107. The second kappa shape index (κ2) is 10.7. The summed E-state index contributed by atoms with van der Waals surface area (Å²) >= 11 is 6.60. The zero-order valence-electron chi connectivity index (χ0n) is 17.7. The topological polar surface area (TPSA) is 59.0 Å². The Morgan fingerprint density at radius 1 is 1.17 bits per heavy atom. The number of carbonyl (C=O) groups is 1. The van der Waals surface area contributed by atoms with Gasteiger partial charge in [0.05, 0.1) is 23.9 Å². The minimum atomic E-state index is 0.287. The van der Waals surface area contributed by atoms with E-state index in [-0.39, 0.29) is 6.10 Å². The number of benzene rings is 2. The first-order chi connectivity index (χ1) is 14.7. The molecule has 162 valence electrons. The quantitative estimate of drug-likeness (QED) is 0.650. The van der Waals surface area contributed by atoms with Crippen LogP contribution in [0.4, 0.5) is 5.69 Å². The number of rotatable bonds is 7. The average Bonchev–Trinajstić information content (AvgIpc) is 2.76. The Morgan fingerprint density at radius 2 is 1.97 bits per heavy atom. The maximum atomic E-state index is 10.6. The summed E-state index contributed by atoms with van der Waals surface area (Å²) in [5, 5.41) is 7.68. The van der Waals surface area contributed by atoms with E-state index in [0.29, 0.717) is 17.2 Å². The highest BCUT2D eigenvalue weighted by atomic mass is 35.5. The number of aldehydes is 1. The summed E-state index contributed by atoms with van der Waals surface area (Å²) in [7, 11) is 2.65. The molecule has 0 unspecified atom stereocenters. The zero-order chi connectivity index (χ0) is 21.5. The smallest absolute Gasteiger partial charge is 0.163 e. The summed E-state index contributed by atoms with van der Waals surface area (Å²) in [5.74, 6) is 1.47. The van der Waals surface area contributed by atoms with Crippen LogP contribution >= 0.6 is 11.6 Å². The van der Waals surface area contributed by atoms with Crippen molar-refractivity contribution in [3.8, 4) is 11.5 Å². The van der Waals surface area contributed by atoms with Crippen molar-refractivity contribution >= 4 is 23.6 Å². The van der Waals surface area contributed by atoms with Crippen molar-refractivity contribution in [3.05, 3.63) is 52.0 Å². The van der Waals surface area contributed by atoms with Gasteiger partial charge in [0.1, 0.15) is 6.29 Å². The maximum Gasteiger partial charge on any atom is 0.163 e. The SMILES string of the molecule is CO.COc1cc(Cl)c(N2CCc3cc(CCC=O)ccc3C2)cc1OC1CCC1. The molecule has 2 aromatic rings. The van der Waals surface area contributed by atoms with Gasteiger partial charge in [0.15, 0.2) is 11.5 Å². The monoisotopic (exact) mass is 431 g/mol. The van der Waals surface area contributed by atoms with Crippen LogP contribution in [0.15, 0.2) is 30.3 Å². The fourth-order valence-corrected chi connectivity index (χ4v) is 4.15. The Hall–Kier alpha value is -2.24. The number of methoxy groups -OCH3 is 1. The van der Waals surface area contributed by atoms with Gasteiger partial charge in [-0.2, -0.15) is 0 Å². The molecule has 1 aliphatic carbocycles. The lowest BCUT2D eigenvalue weighted by atomic mass is 9.95. The summed E-state index contributed by atoms with van der Waals surface area (Å²) in [6.45, 7) is 1.72. The molecular weight excluding hydrogens is 402 g/mol. The number of aryl methyl sites for hydroxylation is 1. The van der Waals surface area contributed by atoms with E-state index in [4.69, 9.17) is 26.2 Å². The second-order valence-corrected chi connectivity index (χ2v) is 8.01. The van der Waals surface area contributed by atoms with Crippen LogP contribution in [0.5, 0.6) is 11.5 Å². The molecule has 2 aliphatic rings. The van der Waals surface area contributed by atoms with E-state index in [1.54, 1.807) is 7.11 Å². The molecule has 0 atom stereocenters. The van der Waals surface area contributed by atoms with E-state index in [2.05, 4.69) is 23.1 Å². The predicted molar refractivity (Wildman–Crippen MR) is 120 cm³/mol. The minimum Gasteiger partial charge on any atom is -0.493 e. The maximum absolute atomic E-state index is 10.6. The molecule has 5 nitrogen and oxygen atoms in total. The minimum absolute atomic E-state index is 0.287. The lowest BCUT2D eigenvalue weighted by Crippen LogP contribution is -2.31. The van der Waals surface area contributed by atoms with Crippen molar-refractivity contribution in [1.82, 2.24) is 0 Å². The van der Waals surface area contributed by atoms with Gasteiger partial charge in [0.2, 0.25) is 0 Å². The van der Waals surface area contributed by atoms with Crippen molar-refractivity contribution in [2.75, 3.05) is 25.7 Å². The summed E-state index contributed by atoms with van der Waals surface area (Å²) in [6.07, 6.45) is 7.06. The normalized spacial score (nSPS) is 15.4. The number of aliphatic hydroxyl groups is 1. The van der Waals surface area contributed by atoms with E-state index in [0.717, 1.165) is 63.6 Å². The number of ether oxygens (including phenoxy) is 2. The lowest BCUT2D eigenvalue weighted by Gasteiger charge is -2.33. The number of carbonyl (C=O) groups excluding carboxylic acids is 1. The van der Waals surface area contributed by atoms with Gasteiger partial charge in [0.25, 0.3) is 0 Å². The van der Waals surface area contributed by atoms with Crippen LogP contribution in [0.1, 0.15) is 42.4 Å². The average molecular weight is 432 g/mol. The van der Waals surface area contributed by atoms with Gasteiger partial charge >= 0.3 is 0 Å². The first-order valence-electron chi connectivity index (χ1n) is 10.5. The Morgan fingerprint density at radius 3 is 2.63 bits per heavy atom. The van der Waals surface area contributed by atoms with Gasteiger partial charge in [-0.3, -0.25) is 0 Å². The fraction of sp³-hybridized carbons (Fsp3) is 0.458. The van der Waals surface area contributed by atoms with Crippen LogP contribution in [-0.2, 0) is 24.2 Å². The highest BCUT2D eigenvalue weighted by Crippen LogP contribution is 2.41. The van der Waals surface area contributed by atoms with Crippen LogP contribution in [0.2, 0.25) is 5.02 Å². The number of aliphatic hydroxyl groups excluding tert-OH is 1. The third-order valence-corrected chi connectivity index (χ3v) is 6.06. The highest BCUT2D eigenvalue weighted by Gasteiger charge is 2.24. The number of anilines is 1. The largest absolute Gasteiger partial charge is 0.493 e. The predicted octanol–water partition coefficient (Wildman–Crippen LogP) is 4.58. The van der Waals surface area contributed by atoms with Gasteiger partial charge in [0, 0.05) is 38.8 Å². The summed E-state index contributed by atoms with van der Waals surface area (Å²) < 4.78 is 11.6. The number of fused-ring (bicyclic) bond motifs is 1. The first kappa shape index (κ1) is 22.4. The van der Waals surface area contributed by atoms with Crippen LogP contribution in [0, 0.1) is 0 Å². The standard InChI is InChI=1S/C23H26ClNO3.CH4O/c1-27-22-13-20(24)21(14-23(22)28-19-5-2-6-19)25-10-9-17-12-16(4-3-11-26)7-8-18(17)15-25;1-2/h7-8,11-14,19H,2-6,9-10,15H2,1H3;2H,1H3. The van der Waals surface area contributed by atoms with E-state index in [1.807, 2.05) is 12.1 Å². The van der Waals surface area contributed by atoms with Crippen LogP contribution < -0.4 is 14.4 Å². The molecule has 0 bridgehead atoms. The fourth-order valence-electron chi connectivity index (χ4n) is 3.88. The van der Waals surface area contributed by atoms with Gasteiger partial charge < -0.3 is 24.3 Å². The molecule has 0 aromatic heterocycles. The Bertz CT molecular complexity index is 867. The number of nitrogens with zero attached hydrogens (tertiary/aromatic N) is 1. The van der Waals surface area contributed by atoms with Crippen molar-refractivity contribution < 1.29 is 19.4 Å². The molecule has 4 rings (SSSR count). The van der Waals surface area contributed by atoms with Gasteiger partial charge in [-0.25, -0.2) is 0 Å². The Kier molecular flexibility index (Phi) is 8.00. The molecule has 0 spiro atoms. The van der Waals surface area contributed by atoms with Crippen LogP contribution in [0.25, 0.3) is 0 Å². The number of halogens is 1. The molecule has 0 saturated heterocycles. The van der Waals surface area contributed by atoms with E-state index in [9.17, 15) is 4.79 Å².